The van der Waals surface area contributed by atoms with E-state index < -0.39 is 11.6 Å². The van der Waals surface area contributed by atoms with Gasteiger partial charge in [0, 0.05) is 26.0 Å². The number of hydrogen-bond acceptors (Lipinski definition) is 6. The molecule has 3 aromatic rings. The van der Waals surface area contributed by atoms with Crippen molar-refractivity contribution in [3.8, 4) is 0 Å². The molecule has 0 aliphatic heterocycles. The summed E-state index contributed by atoms with van der Waals surface area (Å²) in [6.45, 7) is 0.656. The van der Waals surface area contributed by atoms with Crippen LogP contribution < -0.4 is 10.2 Å². The third kappa shape index (κ3) is 4.23. The molecule has 3 rings (SSSR count). The molecule has 0 spiro atoms. The van der Waals surface area contributed by atoms with Gasteiger partial charge in [-0.2, -0.15) is 10.1 Å². The van der Waals surface area contributed by atoms with Crippen molar-refractivity contribution in [2.45, 2.75) is 6.42 Å². The standard InChI is InChI=1S/C17H16F2N6/c1-25(10-7-12-5-8-20-9-6-12)17-23-15(11-21-24-17)22-16-13(18)3-2-4-14(16)19/h2-6,8-9,11H,7,10H2,1H3,(H,22,23,24). The van der Waals surface area contributed by atoms with E-state index in [2.05, 4.69) is 25.5 Å². The van der Waals surface area contributed by atoms with Crippen molar-refractivity contribution in [2.75, 3.05) is 23.8 Å². The van der Waals surface area contributed by atoms with Crippen molar-refractivity contribution < 1.29 is 8.78 Å². The van der Waals surface area contributed by atoms with Gasteiger partial charge in [0.15, 0.2) is 5.82 Å². The van der Waals surface area contributed by atoms with Crippen LogP contribution in [0.15, 0.2) is 48.9 Å². The van der Waals surface area contributed by atoms with Crippen molar-refractivity contribution in [1.29, 1.82) is 0 Å². The van der Waals surface area contributed by atoms with Crippen LogP contribution in [0.25, 0.3) is 0 Å². The van der Waals surface area contributed by atoms with E-state index in [0.717, 1.165) is 12.0 Å². The second kappa shape index (κ2) is 7.61. The van der Waals surface area contributed by atoms with Crippen LogP contribution in [0.4, 0.5) is 26.2 Å². The first kappa shape index (κ1) is 16.7. The number of halogens is 2. The van der Waals surface area contributed by atoms with Gasteiger partial charge in [-0.15, -0.1) is 5.10 Å². The maximum Gasteiger partial charge on any atom is 0.247 e. The van der Waals surface area contributed by atoms with E-state index in [-0.39, 0.29) is 11.5 Å². The molecule has 8 heteroatoms. The Balaban J connectivity index is 1.70. The molecule has 2 aromatic heterocycles. The van der Waals surface area contributed by atoms with Gasteiger partial charge < -0.3 is 10.2 Å². The van der Waals surface area contributed by atoms with Crippen LogP contribution in [0, 0.1) is 11.6 Å². The summed E-state index contributed by atoms with van der Waals surface area (Å²) in [6, 6.07) is 7.51. The Morgan fingerprint density at radius 3 is 2.52 bits per heavy atom. The highest BCUT2D eigenvalue weighted by atomic mass is 19.1. The first-order chi connectivity index (χ1) is 12.1. The minimum atomic E-state index is -0.703. The monoisotopic (exact) mass is 342 g/mol. The van der Waals surface area contributed by atoms with E-state index in [4.69, 9.17) is 0 Å². The van der Waals surface area contributed by atoms with Crippen LogP contribution in [0.1, 0.15) is 5.56 Å². The summed E-state index contributed by atoms with van der Waals surface area (Å²) >= 11 is 0. The predicted molar refractivity (Wildman–Crippen MR) is 90.7 cm³/mol. The SMILES string of the molecule is CN(CCc1ccncc1)c1nncc(Nc2c(F)cccc2F)n1. The van der Waals surface area contributed by atoms with E-state index in [1.165, 1.54) is 24.4 Å². The average molecular weight is 342 g/mol. The van der Waals surface area contributed by atoms with E-state index in [9.17, 15) is 8.78 Å². The topological polar surface area (TPSA) is 66.8 Å². The molecule has 6 nitrogen and oxygen atoms in total. The number of hydrogen-bond donors (Lipinski definition) is 1. The van der Waals surface area contributed by atoms with Crippen LogP contribution in [-0.2, 0) is 6.42 Å². The van der Waals surface area contributed by atoms with E-state index >= 15 is 0 Å². The minimum absolute atomic E-state index is 0.213. The van der Waals surface area contributed by atoms with Gasteiger partial charge in [-0.25, -0.2) is 8.78 Å². The van der Waals surface area contributed by atoms with Crippen molar-refractivity contribution in [1.82, 2.24) is 20.2 Å². The molecule has 0 saturated heterocycles. The maximum atomic E-state index is 13.7. The number of anilines is 3. The third-order valence-corrected chi connectivity index (χ3v) is 3.59. The molecule has 2 heterocycles. The summed E-state index contributed by atoms with van der Waals surface area (Å²) in [7, 11) is 1.83. The predicted octanol–water partition coefficient (Wildman–Crippen LogP) is 2.97. The smallest absolute Gasteiger partial charge is 0.247 e. The van der Waals surface area contributed by atoms with Gasteiger partial charge in [-0.3, -0.25) is 4.98 Å². The molecule has 0 unspecified atom stereocenters. The van der Waals surface area contributed by atoms with E-state index in [1.54, 1.807) is 12.4 Å². The lowest BCUT2D eigenvalue weighted by molar-refractivity contribution is 0.590. The Bertz CT molecular complexity index is 823. The second-order valence-electron chi connectivity index (χ2n) is 5.39. The first-order valence-electron chi connectivity index (χ1n) is 7.64. The van der Waals surface area contributed by atoms with Crippen molar-refractivity contribution in [3.63, 3.8) is 0 Å². The molecule has 1 aromatic carbocycles. The zero-order valence-electron chi connectivity index (χ0n) is 13.5. The summed E-state index contributed by atoms with van der Waals surface area (Å²) in [6.07, 6.45) is 5.57. The minimum Gasteiger partial charge on any atom is -0.342 e. The van der Waals surface area contributed by atoms with Gasteiger partial charge in [-0.1, -0.05) is 6.07 Å². The fourth-order valence-corrected chi connectivity index (χ4v) is 2.21. The van der Waals surface area contributed by atoms with Crippen LogP contribution in [0.3, 0.4) is 0 Å². The molecule has 0 saturated carbocycles. The number of likely N-dealkylation sites (N-methyl/N-ethyl adjacent to an activating group) is 1. The number of nitrogens with zero attached hydrogens (tertiary/aromatic N) is 5. The quantitative estimate of drug-likeness (QED) is 0.743. The number of para-hydroxylation sites is 1. The van der Waals surface area contributed by atoms with Gasteiger partial charge in [0.25, 0.3) is 0 Å². The highest BCUT2D eigenvalue weighted by molar-refractivity contribution is 5.57. The average Bonchev–Trinajstić information content (AvgIpc) is 2.64. The molecule has 0 bridgehead atoms. The largest absolute Gasteiger partial charge is 0.342 e. The molecule has 0 fully saturated rings. The fraction of sp³-hybridized carbons (Fsp3) is 0.176. The molecule has 0 atom stereocenters. The number of aromatic nitrogens is 4. The van der Waals surface area contributed by atoms with Crippen LogP contribution in [0.2, 0.25) is 0 Å². The Morgan fingerprint density at radius 1 is 1.08 bits per heavy atom. The summed E-state index contributed by atoms with van der Waals surface area (Å²) in [5.74, 6) is -0.835. The Hall–Kier alpha value is -3.16. The summed E-state index contributed by atoms with van der Waals surface area (Å²) in [5, 5.41) is 10.4. The van der Waals surface area contributed by atoms with Crippen LogP contribution >= 0.6 is 0 Å². The summed E-state index contributed by atoms with van der Waals surface area (Å²) in [4.78, 5) is 10.1. The molecule has 0 amide bonds. The summed E-state index contributed by atoms with van der Waals surface area (Å²) < 4.78 is 27.4. The van der Waals surface area contributed by atoms with E-state index in [1.807, 2.05) is 24.1 Å². The second-order valence-corrected chi connectivity index (χ2v) is 5.39. The van der Waals surface area contributed by atoms with Crippen molar-refractivity contribution in [2.24, 2.45) is 0 Å². The normalized spacial score (nSPS) is 10.5. The molecule has 25 heavy (non-hydrogen) atoms. The molecule has 0 radical (unpaired) electrons. The molecular formula is C17H16F2N6. The van der Waals surface area contributed by atoms with Crippen molar-refractivity contribution >= 4 is 17.5 Å². The molecule has 128 valence electrons. The Morgan fingerprint density at radius 2 is 1.80 bits per heavy atom. The molecule has 1 N–H and O–H groups in total. The lowest BCUT2D eigenvalue weighted by Gasteiger charge is -2.17. The molecule has 0 aliphatic carbocycles. The zero-order valence-corrected chi connectivity index (χ0v) is 13.5. The number of benzene rings is 1. The third-order valence-electron chi connectivity index (χ3n) is 3.59. The highest BCUT2D eigenvalue weighted by Gasteiger charge is 2.11. The fourth-order valence-electron chi connectivity index (χ4n) is 2.21. The van der Waals surface area contributed by atoms with Gasteiger partial charge in [0.05, 0.1) is 6.20 Å². The van der Waals surface area contributed by atoms with Gasteiger partial charge in [0.2, 0.25) is 5.95 Å². The van der Waals surface area contributed by atoms with Gasteiger partial charge in [0.1, 0.15) is 17.3 Å². The lowest BCUT2D eigenvalue weighted by Crippen LogP contribution is -2.23. The summed E-state index contributed by atoms with van der Waals surface area (Å²) in [5.41, 5.74) is 0.867. The van der Waals surface area contributed by atoms with E-state index in [0.29, 0.717) is 12.5 Å². The van der Waals surface area contributed by atoms with Gasteiger partial charge >= 0.3 is 0 Å². The number of pyridine rings is 1. The van der Waals surface area contributed by atoms with Crippen LogP contribution in [-0.4, -0.2) is 33.8 Å². The highest BCUT2D eigenvalue weighted by Crippen LogP contribution is 2.22. The first-order valence-corrected chi connectivity index (χ1v) is 7.64. The lowest BCUT2D eigenvalue weighted by atomic mass is 10.2. The zero-order chi connectivity index (χ0) is 17.6. The molecule has 0 aliphatic rings. The Kier molecular flexibility index (Phi) is 5.08. The van der Waals surface area contributed by atoms with Crippen LogP contribution in [0.5, 0.6) is 0 Å². The number of nitrogens with one attached hydrogen (secondary N) is 1. The molecular weight excluding hydrogens is 326 g/mol. The Labute approximate surface area is 143 Å². The number of rotatable bonds is 6. The van der Waals surface area contributed by atoms with Crippen molar-refractivity contribution in [3.05, 3.63) is 66.1 Å². The maximum absolute atomic E-state index is 13.7. The van der Waals surface area contributed by atoms with Gasteiger partial charge in [-0.05, 0) is 36.2 Å².